The molecule has 1 aromatic rings. The molecule has 0 aromatic heterocycles. The first-order valence-corrected chi connectivity index (χ1v) is 8.79. The van der Waals surface area contributed by atoms with Crippen LogP contribution in [0.25, 0.3) is 0 Å². The van der Waals surface area contributed by atoms with Crippen molar-refractivity contribution in [2.75, 3.05) is 25.1 Å². The first-order valence-electron chi connectivity index (χ1n) is 6.93. The molecular weight excluding hydrogens is 344 g/mol. The maximum Gasteiger partial charge on any atom is 0.306 e. The van der Waals surface area contributed by atoms with Gasteiger partial charge >= 0.3 is 5.97 Å². The number of anilines is 1. The molecule has 0 fully saturated rings. The van der Waals surface area contributed by atoms with E-state index in [9.17, 15) is 18.0 Å². The molecule has 1 aromatic carbocycles. The minimum atomic E-state index is -3.89. The summed E-state index contributed by atoms with van der Waals surface area (Å²) >= 11 is 6.07. The van der Waals surface area contributed by atoms with E-state index < -0.39 is 16.0 Å². The van der Waals surface area contributed by atoms with Gasteiger partial charge in [-0.3, -0.25) is 9.59 Å². The maximum absolute atomic E-state index is 12.3. The number of methoxy groups -OCH3 is 1. The van der Waals surface area contributed by atoms with Crippen molar-refractivity contribution in [3.8, 4) is 0 Å². The number of nitrogens with zero attached hydrogens (tertiary/aromatic N) is 1. The molecule has 1 aliphatic rings. The topological polar surface area (TPSA) is 92.8 Å². The first kappa shape index (κ1) is 17.7. The van der Waals surface area contributed by atoms with E-state index in [1.54, 1.807) is 6.07 Å². The third kappa shape index (κ3) is 3.82. The lowest BCUT2D eigenvalue weighted by molar-refractivity contribution is -0.140. The number of ether oxygens (including phenoxy) is 1. The van der Waals surface area contributed by atoms with E-state index in [-0.39, 0.29) is 28.8 Å². The predicted molar refractivity (Wildman–Crippen MR) is 85.0 cm³/mol. The summed E-state index contributed by atoms with van der Waals surface area (Å²) < 4.78 is 31.4. The highest BCUT2D eigenvalue weighted by Crippen LogP contribution is 2.35. The number of amides is 1. The molecule has 2 rings (SSSR count). The predicted octanol–water partition coefficient (Wildman–Crippen LogP) is 1.09. The fourth-order valence-corrected chi connectivity index (χ4v) is 3.99. The SMILES string of the molecule is COC(=O)CCNS(=O)(=O)c1cc2c(cc1Cl)CCN2C(C)=O. The Balaban J connectivity index is 2.27. The van der Waals surface area contributed by atoms with Crippen LogP contribution >= 0.6 is 11.6 Å². The molecule has 0 bridgehead atoms. The molecule has 9 heteroatoms. The van der Waals surface area contributed by atoms with Crippen molar-refractivity contribution in [3.63, 3.8) is 0 Å². The Kier molecular flexibility index (Phi) is 5.28. The summed E-state index contributed by atoms with van der Waals surface area (Å²) in [5.74, 6) is -0.677. The molecular formula is C14H17ClN2O5S. The van der Waals surface area contributed by atoms with Crippen molar-refractivity contribution < 1.29 is 22.7 Å². The third-order valence-corrected chi connectivity index (χ3v) is 5.47. The molecule has 23 heavy (non-hydrogen) atoms. The molecule has 0 unspecified atom stereocenters. The average Bonchev–Trinajstić information content (AvgIpc) is 2.88. The highest BCUT2D eigenvalue weighted by atomic mass is 35.5. The summed E-state index contributed by atoms with van der Waals surface area (Å²) in [6, 6.07) is 2.96. The molecule has 7 nitrogen and oxygen atoms in total. The molecule has 1 aliphatic heterocycles. The van der Waals surface area contributed by atoms with Gasteiger partial charge in [0.15, 0.2) is 0 Å². The van der Waals surface area contributed by atoms with Crippen LogP contribution in [0.4, 0.5) is 5.69 Å². The Morgan fingerprint density at radius 3 is 2.70 bits per heavy atom. The van der Waals surface area contributed by atoms with Gasteiger partial charge in [-0.05, 0) is 24.1 Å². The molecule has 0 saturated carbocycles. The largest absolute Gasteiger partial charge is 0.469 e. The number of nitrogens with one attached hydrogen (secondary N) is 1. The van der Waals surface area contributed by atoms with Gasteiger partial charge in [-0.25, -0.2) is 13.1 Å². The van der Waals surface area contributed by atoms with Crippen LogP contribution in [0.15, 0.2) is 17.0 Å². The second kappa shape index (κ2) is 6.86. The van der Waals surface area contributed by atoms with E-state index in [2.05, 4.69) is 9.46 Å². The average molecular weight is 361 g/mol. The summed E-state index contributed by atoms with van der Waals surface area (Å²) in [5, 5.41) is 0.0831. The minimum absolute atomic E-state index is 0.0831. The number of fused-ring (bicyclic) bond motifs is 1. The van der Waals surface area contributed by atoms with Gasteiger partial charge in [0.2, 0.25) is 15.9 Å². The van der Waals surface area contributed by atoms with Crippen LogP contribution in [0.2, 0.25) is 5.02 Å². The Labute approximate surface area is 139 Å². The van der Waals surface area contributed by atoms with Crippen LogP contribution in [0.3, 0.4) is 0 Å². The Bertz CT molecular complexity index is 748. The van der Waals surface area contributed by atoms with E-state index in [1.807, 2.05) is 0 Å². The number of esters is 1. The zero-order chi connectivity index (χ0) is 17.2. The van der Waals surface area contributed by atoms with Crippen LogP contribution in [-0.2, 0) is 30.8 Å². The van der Waals surface area contributed by atoms with Crippen molar-refractivity contribution in [1.29, 1.82) is 0 Å². The lowest BCUT2D eigenvalue weighted by Gasteiger charge is -2.16. The van der Waals surface area contributed by atoms with E-state index in [4.69, 9.17) is 11.6 Å². The number of rotatable bonds is 5. The lowest BCUT2D eigenvalue weighted by atomic mass is 10.2. The van der Waals surface area contributed by atoms with Crippen LogP contribution in [0.1, 0.15) is 18.9 Å². The quantitative estimate of drug-likeness (QED) is 0.793. The van der Waals surface area contributed by atoms with Crippen LogP contribution in [0, 0.1) is 0 Å². The molecule has 0 saturated heterocycles. The molecule has 126 valence electrons. The van der Waals surface area contributed by atoms with Crippen LogP contribution < -0.4 is 9.62 Å². The van der Waals surface area contributed by atoms with Crippen molar-refractivity contribution in [2.24, 2.45) is 0 Å². The number of sulfonamides is 1. The maximum atomic E-state index is 12.3. The standard InChI is InChI=1S/C14H17ClN2O5S/c1-9(18)17-6-4-10-7-11(15)13(8-12(10)17)23(20,21)16-5-3-14(19)22-2/h7-8,16H,3-6H2,1-2H3. The van der Waals surface area contributed by atoms with Gasteiger partial charge in [-0.15, -0.1) is 0 Å². The molecule has 0 radical (unpaired) electrons. The smallest absolute Gasteiger partial charge is 0.306 e. The monoisotopic (exact) mass is 360 g/mol. The summed E-state index contributed by atoms with van der Waals surface area (Å²) in [7, 11) is -2.67. The van der Waals surface area contributed by atoms with E-state index >= 15 is 0 Å². The second-order valence-electron chi connectivity index (χ2n) is 5.06. The highest BCUT2D eigenvalue weighted by molar-refractivity contribution is 7.89. The zero-order valence-electron chi connectivity index (χ0n) is 12.8. The van der Waals surface area contributed by atoms with E-state index in [0.717, 1.165) is 5.56 Å². The van der Waals surface area contributed by atoms with Crippen molar-refractivity contribution >= 4 is 39.2 Å². The molecule has 0 atom stereocenters. The molecule has 1 amide bonds. The number of hydrogen-bond donors (Lipinski definition) is 1. The third-order valence-electron chi connectivity index (χ3n) is 3.55. The number of carbonyl (C=O) groups excluding carboxylic acids is 2. The molecule has 1 N–H and O–H groups in total. The van der Waals surface area contributed by atoms with Gasteiger partial charge in [0.1, 0.15) is 4.90 Å². The van der Waals surface area contributed by atoms with Gasteiger partial charge in [0.25, 0.3) is 0 Å². The minimum Gasteiger partial charge on any atom is -0.469 e. The summed E-state index contributed by atoms with van der Waals surface area (Å²) in [6.45, 7) is 1.82. The van der Waals surface area contributed by atoms with Gasteiger partial charge in [-0.1, -0.05) is 11.6 Å². The lowest BCUT2D eigenvalue weighted by Crippen LogP contribution is -2.28. The zero-order valence-corrected chi connectivity index (χ0v) is 14.3. The van der Waals surface area contributed by atoms with Crippen LogP contribution in [0.5, 0.6) is 0 Å². The summed E-state index contributed by atoms with van der Waals surface area (Å²) in [5.41, 5.74) is 1.38. The first-order chi connectivity index (χ1) is 10.8. The number of carbonyl (C=O) groups is 2. The van der Waals surface area contributed by atoms with Crippen molar-refractivity contribution in [2.45, 2.75) is 24.7 Å². The van der Waals surface area contributed by atoms with E-state index in [0.29, 0.717) is 18.7 Å². The molecule has 0 spiro atoms. The van der Waals surface area contributed by atoms with Crippen LogP contribution in [-0.4, -0.2) is 40.5 Å². The fourth-order valence-electron chi connectivity index (χ4n) is 2.39. The second-order valence-corrected chi connectivity index (χ2v) is 7.20. The Hall–Kier alpha value is -1.64. The highest BCUT2D eigenvalue weighted by Gasteiger charge is 2.27. The number of benzene rings is 1. The van der Waals surface area contributed by atoms with Gasteiger partial charge in [0.05, 0.1) is 18.6 Å². The molecule has 1 heterocycles. The summed E-state index contributed by atoms with van der Waals surface area (Å²) in [6.07, 6.45) is 0.544. The van der Waals surface area contributed by atoms with Crippen molar-refractivity contribution in [1.82, 2.24) is 4.72 Å². The van der Waals surface area contributed by atoms with E-state index in [1.165, 1.54) is 25.0 Å². The fraction of sp³-hybridized carbons (Fsp3) is 0.429. The Morgan fingerprint density at radius 2 is 2.09 bits per heavy atom. The number of hydrogen-bond acceptors (Lipinski definition) is 5. The van der Waals surface area contributed by atoms with Crippen molar-refractivity contribution in [3.05, 3.63) is 22.7 Å². The van der Waals surface area contributed by atoms with Gasteiger partial charge in [0, 0.05) is 25.7 Å². The molecule has 0 aliphatic carbocycles. The van der Waals surface area contributed by atoms with Gasteiger partial charge < -0.3 is 9.64 Å². The number of halogens is 1. The Morgan fingerprint density at radius 1 is 1.39 bits per heavy atom. The summed E-state index contributed by atoms with van der Waals surface area (Å²) in [4.78, 5) is 24.1. The van der Waals surface area contributed by atoms with Gasteiger partial charge in [-0.2, -0.15) is 0 Å². The normalized spacial score (nSPS) is 13.8.